The van der Waals surface area contributed by atoms with Gasteiger partial charge in [0.2, 0.25) is 10.0 Å². The van der Waals surface area contributed by atoms with Crippen molar-refractivity contribution >= 4 is 40.0 Å². The minimum atomic E-state index is -4.35. The number of hydrogen-bond donors (Lipinski definition) is 3. The summed E-state index contributed by atoms with van der Waals surface area (Å²) in [6.07, 6.45) is -4.35. The third kappa shape index (κ3) is 8.48. The van der Waals surface area contributed by atoms with Gasteiger partial charge in [-0.05, 0) is 35.9 Å². The molecule has 166 valence electrons. The molecule has 2 aromatic rings. The fourth-order valence-corrected chi connectivity index (χ4v) is 3.22. The Bertz CT molecular complexity index is 932. The minimum absolute atomic E-state index is 0. The molecule has 0 saturated carbocycles. The van der Waals surface area contributed by atoms with Gasteiger partial charge in [0.15, 0.2) is 5.96 Å². The van der Waals surface area contributed by atoms with E-state index in [0.29, 0.717) is 30.2 Å². The summed E-state index contributed by atoms with van der Waals surface area (Å²) in [5, 5.41) is 6.13. The highest BCUT2D eigenvalue weighted by Crippen LogP contribution is 2.29. The maximum Gasteiger partial charge on any atom is 0.416 e. The van der Waals surface area contributed by atoms with Crippen molar-refractivity contribution < 1.29 is 21.6 Å². The quantitative estimate of drug-likeness (QED) is 0.278. The largest absolute Gasteiger partial charge is 0.416 e. The average Bonchev–Trinajstić information content (AvgIpc) is 2.69. The molecule has 6 nitrogen and oxygen atoms in total. The molecule has 2 aromatic carbocycles. The third-order valence-corrected chi connectivity index (χ3v) is 5.45. The average molecular weight is 556 g/mol. The lowest BCUT2D eigenvalue weighted by atomic mass is 10.1. The number of hydrogen-bond acceptors (Lipinski definition) is 3. The van der Waals surface area contributed by atoms with Crippen molar-refractivity contribution in [3.05, 3.63) is 70.8 Å². The molecule has 0 bridgehead atoms. The van der Waals surface area contributed by atoms with Gasteiger partial charge in [-0.1, -0.05) is 36.4 Å². The van der Waals surface area contributed by atoms with Crippen molar-refractivity contribution in [1.29, 1.82) is 0 Å². The second kappa shape index (κ2) is 11.5. The SMILES string of the molecule is CN=C(NCc1ccc(CS(=O)(=O)NC)cc1)NCc1ccc(C(F)(F)F)cc1.I. The molecule has 0 radical (unpaired) electrons. The molecule has 0 saturated heterocycles. The van der Waals surface area contributed by atoms with Crippen LogP contribution in [0.3, 0.4) is 0 Å². The molecule has 30 heavy (non-hydrogen) atoms. The number of alkyl halides is 3. The van der Waals surface area contributed by atoms with Crippen LogP contribution in [0.2, 0.25) is 0 Å². The first-order valence-corrected chi connectivity index (χ1v) is 10.4. The second-order valence-corrected chi connectivity index (χ2v) is 8.18. The Morgan fingerprint density at radius 2 is 1.33 bits per heavy atom. The predicted octanol–water partition coefficient (Wildman–Crippen LogP) is 3.24. The number of aliphatic imine (C=N–C) groups is 1. The van der Waals surface area contributed by atoms with E-state index in [0.717, 1.165) is 17.7 Å². The molecule has 0 heterocycles. The molecule has 11 heteroatoms. The topological polar surface area (TPSA) is 82.6 Å². The van der Waals surface area contributed by atoms with Gasteiger partial charge < -0.3 is 10.6 Å². The molecule has 0 aliphatic rings. The number of nitrogens with one attached hydrogen (secondary N) is 3. The van der Waals surface area contributed by atoms with Crippen LogP contribution in [0.1, 0.15) is 22.3 Å². The fraction of sp³-hybridized carbons (Fsp3) is 0.316. The lowest BCUT2D eigenvalue weighted by Gasteiger charge is -2.13. The molecule has 0 atom stereocenters. The van der Waals surface area contributed by atoms with Crippen LogP contribution in [0.4, 0.5) is 13.2 Å². The Labute approximate surface area is 191 Å². The van der Waals surface area contributed by atoms with Crippen molar-refractivity contribution in [3.63, 3.8) is 0 Å². The Morgan fingerprint density at radius 1 is 0.900 bits per heavy atom. The molecule has 3 N–H and O–H groups in total. The molecule has 0 aliphatic heterocycles. The summed E-state index contributed by atoms with van der Waals surface area (Å²) < 4.78 is 63.2. The molecule has 0 spiro atoms. The highest BCUT2D eigenvalue weighted by molar-refractivity contribution is 14.0. The van der Waals surface area contributed by atoms with Gasteiger partial charge in [-0.2, -0.15) is 13.2 Å². The first-order chi connectivity index (χ1) is 13.6. The summed E-state index contributed by atoms with van der Waals surface area (Å²) in [6.45, 7) is 0.768. The van der Waals surface area contributed by atoms with E-state index < -0.39 is 21.8 Å². The molecular formula is C19H24F3IN4O2S. The number of guanidine groups is 1. The van der Waals surface area contributed by atoms with E-state index in [1.807, 2.05) is 12.1 Å². The van der Waals surface area contributed by atoms with Crippen LogP contribution in [0, 0.1) is 0 Å². The zero-order valence-corrected chi connectivity index (χ0v) is 19.6. The Balaban J connectivity index is 0.00000450. The molecule has 0 unspecified atom stereocenters. The van der Waals surface area contributed by atoms with Gasteiger partial charge in [0.1, 0.15) is 0 Å². The second-order valence-electron chi connectivity index (χ2n) is 6.25. The number of benzene rings is 2. The maximum atomic E-state index is 12.6. The van der Waals surface area contributed by atoms with E-state index in [-0.39, 0.29) is 29.7 Å². The zero-order valence-electron chi connectivity index (χ0n) is 16.5. The van der Waals surface area contributed by atoms with Crippen LogP contribution in [-0.4, -0.2) is 28.5 Å². The summed E-state index contributed by atoms with van der Waals surface area (Å²) in [5.74, 6) is 0.403. The number of rotatable bonds is 7. The Kier molecular flexibility index (Phi) is 10.0. The predicted molar refractivity (Wildman–Crippen MR) is 122 cm³/mol. The molecule has 0 aliphatic carbocycles. The molecule has 0 amide bonds. The summed E-state index contributed by atoms with van der Waals surface area (Å²) in [7, 11) is -0.354. The van der Waals surface area contributed by atoms with Gasteiger partial charge in [0, 0.05) is 20.1 Å². The Morgan fingerprint density at radius 3 is 1.73 bits per heavy atom. The van der Waals surface area contributed by atoms with Crippen molar-refractivity contribution in [2.75, 3.05) is 14.1 Å². The summed E-state index contributed by atoms with van der Waals surface area (Å²) in [4.78, 5) is 4.08. The highest BCUT2D eigenvalue weighted by Gasteiger charge is 2.29. The summed E-state index contributed by atoms with van der Waals surface area (Å²) >= 11 is 0. The van der Waals surface area contributed by atoms with E-state index in [1.54, 1.807) is 19.2 Å². The van der Waals surface area contributed by atoms with Gasteiger partial charge in [0.25, 0.3) is 0 Å². The van der Waals surface area contributed by atoms with Crippen LogP contribution >= 0.6 is 24.0 Å². The van der Waals surface area contributed by atoms with Gasteiger partial charge in [-0.15, -0.1) is 24.0 Å². The summed E-state index contributed by atoms with van der Waals surface area (Å²) in [6, 6.07) is 12.0. The first-order valence-electron chi connectivity index (χ1n) is 8.72. The normalized spacial score (nSPS) is 12.2. The minimum Gasteiger partial charge on any atom is -0.352 e. The Hall–Kier alpha value is -1.86. The van der Waals surface area contributed by atoms with E-state index in [2.05, 4.69) is 20.3 Å². The van der Waals surface area contributed by atoms with E-state index in [9.17, 15) is 21.6 Å². The third-order valence-electron chi connectivity index (χ3n) is 4.12. The van der Waals surface area contributed by atoms with Crippen molar-refractivity contribution in [2.24, 2.45) is 4.99 Å². The molecular weight excluding hydrogens is 532 g/mol. The standard InChI is InChI=1S/C19H23F3N4O2S.HI/c1-23-18(26-12-15-7-9-17(10-8-15)19(20,21)22)25-11-14-3-5-16(6-4-14)13-29(27,28)24-2;/h3-10,24H,11-13H2,1-2H3,(H2,23,25,26);1H. The first kappa shape index (κ1) is 26.2. The van der Waals surface area contributed by atoms with Gasteiger partial charge in [0.05, 0.1) is 11.3 Å². The number of halogens is 4. The van der Waals surface area contributed by atoms with Crippen LogP contribution in [0.15, 0.2) is 53.5 Å². The van der Waals surface area contributed by atoms with Crippen molar-refractivity contribution in [3.8, 4) is 0 Å². The van der Waals surface area contributed by atoms with E-state index >= 15 is 0 Å². The van der Waals surface area contributed by atoms with E-state index in [4.69, 9.17) is 0 Å². The number of nitrogens with zero attached hydrogens (tertiary/aromatic N) is 1. The van der Waals surface area contributed by atoms with E-state index in [1.165, 1.54) is 19.2 Å². The molecule has 0 aromatic heterocycles. The molecule has 0 fully saturated rings. The van der Waals surface area contributed by atoms with Gasteiger partial charge in [-0.3, -0.25) is 4.99 Å². The lowest BCUT2D eigenvalue weighted by molar-refractivity contribution is -0.137. The van der Waals surface area contributed by atoms with Crippen LogP contribution in [0.5, 0.6) is 0 Å². The zero-order chi connectivity index (χ0) is 21.5. The number of sulfonamides is 1. The van der Waals surface area contributed by atoms with Crippen LogP contribution in [-0.2, 0) is 35.0 Å². The fourth-order valence-electron chi connectivity index (χ4n) is 2.45. The van der Waals surface area contributed by atoms with Crippen LogP contribution in [0.25, 0.3) is 0 Å². The highest BCUT2D eigenvalue weighted by atomic mass is 127. The maximum absolute atomic E-state index is 12.6. The lowest BCUT2D eigenvalue weighted by Crippen LogP contribution is -2.36. The van der Waals surface area contributed by atoms with Gasteiger partial charge >= 0.3 is 6.18 Å². The van der Waals surface area contributed by atoms with Crippen molar-refractivity contribution in [2.45, 2.75) is 25.0 Å². The summed E-state index contributed by atoms with van der Waals surface area (Å²) in [5.41, 5.74) is 1.60. The van der Waals surface area contributed by atoms with Crippen LogP contribution < -0.4 is 15.4 Å². The van der Waals surface area contributed by atoms with Gasteiger partial charge in [-0.25, -0.2) is 13.1 Å². The van der Waals surface area contributed by atoms with Crippen molar-refractivity contribution in [1.82, 2.24) is 15.4 Å². The smallest absolute Gasteiger partial charge is 0.352 e. The monoisotopic (exact) mass is 556 g/mol. The molecule has 2 rings (SSSR count).